The molecule has 0 amide bonds. The molecule has 3 N–H and O–H groups in total. The molecule has 0 bridgehead atoms. The maximum Gasteiger partial charge on any atom is 0.349 e. The summed E-state index contributed by atoms with van der Waals surface area (Å²) in [5.74, 6) is 1.37. The van der Waals surface area contributed by atoms with Gasteiger partial charge in [-0.3, -0.25) is 0 Å². The molecule has 0 saturated heterocycles. The van der Waals surface area contributed by atoms with Crippen LogP contribution in [0.25, 0.3) is 5.65 Å². The van der Waals surface area contributed by atoms with E-state index >= 15 is 0 Å². The number of aromatic nitrogens is 4. The highest BCUT2D eigenvalue weighted by molar-refractivity contribution is 9.10. The molecule has 0 radical (unpaired) electrons. The van der Waals surface area contributed by atoms with Gasteiger partial charge >= 0.3 is 5.69 Å². The number of hydrogen-bond acceptors (Lipinski definition) is 5. The molecule has 8 heteroatoms. The van der Waals surface area contributed by atoms with Crippen LogP contribution in [0.4, 0.5) is 5.69 Å². The average Bonchev–Trinajstić information content (AvgIpc) is 2.69. The van der Waals surface area contributed by atoms with Gasteiger partial charge in [0, 0.05) is 22.3 Å². The number of nitrogens with two attached hydrogens (primary N) is 1. The van der Waals surface area contributed by atoms with Crippen molar-refractivity contribution in [2.75, 3.05) is 5.73 Å². The topological polar surface area (TPSA) is 98.3 Å². The number of hydrogen-bond donors (Lipinski definition) is 2. The van der Waals surface area contributed by atoms with E-state index < -0.39 is 0 Å². The van der Waals surface area contributed by atoms with Crippen LogP contribution in [0.2, 0.25) is 0 Å². The van der Waals surface area contributed by atoms with E-state index in [0.29, 0.717) is 28.8 Å². The molecule has 0 fully saturated rings. The van der Waals surface area contributed by atoms with Crippen LogP contribution in [0.5, 0.6) is 11.6 Å². The number of fused-ring (bicyclic) bond motifs is 1. The Morgan fingerprint density at radius 2 is 2.15 bits per heavy atom. The zero-order valence-electron chi connectivity index (χ0n) is 10.4. The number of H-pyrrole nitrogens is 1. The normalized spacial score (nSPS) is 10.9. The van der Waals surface area contributed by atoms with Gasteiger partial charge in [0.1, 0.15) is 11.6 Å². The van der Waals surface area contributed by atoms with Gasteiger partial charge in [-0.2, -0.15) is 10.1 Å². The van der Waals surface area contributed by atoms with Gasteiger partial charge in [0.15, 0.2) is 5.65 Å². The van der Waals surface area contributed by atoms with Crippen LogP contribution in [0.15, 0.2) is 33.5 Å². The monoisotopic (exact) mass is 335 g/mol. The van der Waals surface area contributed by atoms with Gasteiger partial charge in [-0.25, -0.2) is 14.3 Å². The number of aromatic amines is 1. The summed E-state index contributed by atoms with van der Waals surface area (Å²) in [7, 11) is 0. The van der Waals surface area contributed by atoms with E-state index in [9.17, 15) is 4.79 Å². The van der Waals surface area contributed by atoms with E-state index in [2.05, 4.69) is 31.1 Å². The van der Waals surface area contributed by atoms with Crippen molar-refractivity contribution < 1.29 is 4.74 Å². The van der Waals surface area contributed by atoms with E-state index in [1.54, 1.807) is 31.2 Å². The van der Waals surface area contributed by atoms with Crippen molar-refractivity contribution in [3.63, 3.8) is 0 Å². The lowest BCUT2D eigenvalue weighted by atomic mass is 10.3. The number of benzene rings is 1. The molecule has 0 saturated carbocycles. The van der Waals surface area contributed by atoms with E-state index in [1.807, 2.05) is 0 Å². The van der Waals surface area contributed by atoms with Gasteiger partial charge in [-0.1, -0.05) is 15.9 Å². The molecule has 0 aliphatic rings. The third-order valence-electron chi connectivity index (χ3n) is 2.66. The van der Waals surface area contributed by atoms with Crippen molar-refractivity contribution in [3.8, 4) is 11.6 Å². The van der Waals surface area contributed by atoms with E-state index in [1.165, 1.54) is 4.40 Å². The van der Waals surface area contributed by atoms with Gasteiger partial charge in [-0.15, -0.1) is 0 Å². The molecule has 7 nitrogen and oxygen atoms in total. The number of ether oxygens (including phenoxy) is 1. The van der Waals surface area contributed by atoms with Crippen LogP contribution < -0.4 is 16.2 Å². The summed E-state index contributed by atoms with van der Waals surface area (Å²) in [6, 6.07) is 6.79. The Kier molecular flexibility index (Phi) is 2.94. The summed E-state index contributed by atoms with van der Waals surface area (Å²) in [6.45, 7) is 1.70. The second-order valence-electron chi connectivity index (χ2n) is 4.19. The quantitative estimate of drug-likeness (QED) is 0.696. The van der Waals surface area contributed by atoms with E-state index in [-0.39, 0.29) is 5.69 Å². The first-order valence-electron chi connectivity index (χ1n) is 5.71. The molecule has 3 aromatic rings. The van der Waals surface area contributed by atoms with Gasteiger partial charge in [0.2, 0.25) is 5.88 Å². The molecule has 3 rings (SSSR count). The number of nitrogen functional groups attached to an aromatic ring is 1. The van der Waals surface area contributed by atoms with Crippen LogP contribution in [0.1, 0.15) is 5.82 Å². The molecule has 0 unspecified atom stereocenters. The molecule has 0 spiro atoms. The number of rotatable bonds is 2. The molecular weight excluding hydrogens is 326 g/mol. The first-order valence-corrected chi connectivity index (χ1v) is 6.51. The zero-order chi connectivity index (χ0) is 14.3. The Morgan fingerprint density at radius 1 is 1.35 bits per heavy atom. The second kappa shape index (κ2) is 4.64. The molecule has 1 aromatic carbocycles. The average molecular weight is 336 g/mol. The van der Waals surface area contributed by atoms with Crippen LogP contribution in [-0.2, 0) is 0 Å². The van der Waals surface area contributed by atoms with Crippen molar-refractivity contribution in [1.29, 1.82) is 0 Å². The largest absolute Gasteiger partial charge is 0.439 e. The Morgan fingerprint density at radius 3 is 2.90 bits per heavy atom. The lowest BCUT2D eigenvalue weighted by molar-refractivity contribution is 0.460. The Balaban J connectivity index is 2.04. The lowest BCUT2D eigenvalue weighted by Gasteiger charge is -2.07. The molecule has 102 valence electrons. The van der Waals surface area contributed by atoms with E-state index in [0.717, 1.165) is 4.47 Å². The number of aryl methyl sites for hydroxylation is 1. The van der Waals surface area contributed by atoms with E-state index in [4.69, 9.17) is 10.5 Å². The van der Waals surface area contributed by atoms with Gasteiger partial charge < -0.3 is 10.5 Å². The maximum atomic E-state index is 11.5. The number of nitrogens with one attached hydrogen (secondary N) is 1. The highest BCUT2D eigenvalue weighted by atomic mass is 79.9. The summed E-state index contributed by atoms with van der Waals surface area (Å²) >= 11 is 3.34. The van der Waals surface area contributed by atoms with Gasteiger partial charge in [0.05, 0.1) is 0 Å². The molecule has 20 heavy (non-hydrogen) atoms. The van der Waals surface area contributed by atoms with Crippen molar-refractivity contribution in [3.05, 3.63) is 45.0 Å². The fourth-order valence-electron chi connectivity index (χ4n) is 1.89. The minimum absolute atomic E-state index is 0.330. The third kappa shape index (κ3) is 2.25. The molecule has 0 aliphatic carbocycles. The van der Waals surface area contributed by atoms with Crippen molar-refractivity contribution >= 4 is 27.3 Å². The third-order valence-corrected chi connectivity index (χ3v) is 3.12. The predicted octanol–water partition coefficient (Wildman–Crippen LogP) is 1.86. The van der Waals surface area contributed by atoms with Gasteiger partial charge in [0.25, 0.3) is 0 Å². The van der Waals surface area contributed by atoms with Crippen molar-refractivity contribution in [2.45, 2.75) is 6.92 Å². The summed E-state index contributed by atoms with van der Waals surface area (Å²) < 4.78 is 7.82. The first-order chi connectivity index (χ1) is 9.52. The number of halogens is 1. The Hall–Kier alpha value is -2.35. The van der Waals surface area contributed by atoms with Crippen molar-refractivity contribution in [2.24, 2.45) is 0 Å². The number of nitrogens with zero attached hydrogens (tertiary/aromatic N) is 3. The fraction of sp³-hybridized carbons (Fsp3) is 0.0833. The Bertz CT molecular complexity index is 834. The predicted molar refractivity (Wildman–Crippen MR) is 77.0 cm³/mol. The summed E-state index contributed by atoms with van der Waals surface area (Å²) in [4.78, 5) is 15.7. The second-order valence-corrected chi connectivity index (χ2v) is 5.10. The number of anilines is 1. The van der Waals surface area contributed by atoms with Crippen molar-refractivity contribution in [1.82, 2.24) is 19.6 Å². The lowest BCUT2D eigenvalue weighted by Crippen LogP contribution is -2.13. The van der Waals surface area contributed by atoms with Crippen LogP contribution in [0.3, 0.4) is 0 Å². The molecular formula is C12H10BrN5O2. The standard InChI is InChI=1S/C12H10BrN5O2/c1-6-15-11(5-10-16-17-12(19)18(6)10)20-9-3-7(13)2-8(14)4-9/h2-5H,14H2,1H3,(H,17,19). The fourth-order valence-corrected chi connectivity index (χ4v) is 2.38. The van der Waals surface area contributed by atoms with Gasteiger partial charge in [-0.05, 0) is 19.1 Å². The smallest absolute Gasteiger partial charge is 0.349 e. The summed E-state index contributed by atoms with van der Waals surface area (Å²) in [5, 5.41) is 6.25. The highest BCUT2D eigenvalue weighted by Crippen LogP contribution is 2.26. The SMILES string of the molecule is Cc1nc(Oc2cc(N)cc(Br)c2)cc2n[nH]c(=O)n12. The van der Waals surface area contributed by atoms with Crippen LogP contribution in [-0.4, -0.2) is 19.6 Å². The summed E-state index contributed by atoms with van der Waals surface area (Å²) in [5.41, 5.74) is 6.43. The zero-order valence-corrected chi connectivity index (χ0v) is 12.0. The molecule has 2 aromatic heterocycles. The summed E-state index contributed by atoms with van der Waals surface area (Å²) in [6.07, 6.45) is 0. The minimum Gasteiger partial charge on any atom is -0.439 e. The van der Waals surface area contributed by atoms with Crippen LogP contribution in [0, 0.1) is 6.92 Å². The van der Waals surface area contributed by atoms with Crippen LogP contribution >= 0.6 is 15.9 Å². The molecule has 2 heterocycles. The Labute approximate surface area is 121 Å². The maximum absolute atomic E-state index is 11.5. The highest BCUT2D eigenvalue weighted by Gasteiger charge is 2.09. The minimum atomic E-state index is -0.330. The molecule has 0 aliphatic heterocycles. The first kappa shape index (κ1) is 12.7. The molecule has 0 atom stereocenters.